The van der Waals surface area contributed by atoms with Gasteiger partial charge in [-0.15, -0.1) is 0 Å². The van der Waals surface area contributed by atoms with Gasteiger partial charge in [-0.05, 0) is 54.4 Å². The van der Waals surface area contributed by atoms with Gasteiger partial charge >= 0.3 is 11.4 Å². The summed E-state index contributed by atoms with van der Waals surface area (Å²) in [7, 11) is 0. The average molecular weight is 494 g/mol. The molecule has 35 heavy (non-hydrogen) atoms. The molecular weight excluding hydrogens is 470 g/mol. The van der Waals surface area contributed by atoms with Crippen LogP contribution in [-0.2, 0) is 13.1 Å². The Morgan fingerprint density at radius 1 is 0.971 bits per heavy atom. The highest BCUT2D eigenvalue weighted by Crippen LogP contribution is 2.23. The summed E-state index contributed by atoms with van der Waals surface area (Å²) in [4.78, 5) is 44.0. The molecule has 9 nitrogen and oxygen atoms in total. The normalized spacial score (nSPS) is 10.8. The van der Waals surface area contributed by atoms with Gasteiger partial charge in [0.15, 0.2) is 0 Å². The number of aromatic nitrogens is 4. The van der Waals surface area contributed by atoms with Crippen molar-refractivity contribution in [2.45, 2.75) is 32.9 Å². The third kappa shape index (κ3) is 6.07. The van der Waals surface area contributed by atoms with E-state index in [1.165, 1.54) is 16.8 Å². The predicted molar refractivity (Wildman–Crippen MR) is 135 cm³/mol. The molecule has 0 spiro atoms. The number of rotatable bonds is 9. The zero-order valence-corrected chi connectivity index (χ0v) is 19.8. The van der Waals surface area contributed by atoms with E-state index in [1.54, 1.807) is 42.5 Å². The lowest BCUT2D eigenvalue weighted by molar-refractivity contribution is 0.481. The van der Waals surface area contributed by atoms with Crippen molar-refractivity contribution >= 4 is 23.2 Å². The van der Waals surface area contributed by atoms with Crippen LogP contribution in [0.3, 0.4) is 0 Å². The molecule has 0 unspecified atom stereocenters. The fourth-order valence-corrected chi connectivity index (χ4v) is 3.53. The Morgan fingerprint density at radius 2 is 1.71 bits per heavy atom. The van der Waals surface area contributed by atoms with Crippen LogP contribution in [0.15, 0.2) is 81.2 Å². The SMILES string of the molecule is CCCCn1c(=O)nc(Nc2ccc(Oc3cc[nH]c(=O)c3)cc2)n(Cc2ccc(Cl)cc2)c1=O. The molecule has 2 heterocycles. The van der Waals surface area contributed by atoms with Crippen LogP contribution < -0.4 is 27.0 Å². The maximum Gasteiger partial charge on any atom is 0.354 e. The molecule has 10 heteroatoms. The summed E-state index contributed by atoms with van der Waals surface area (Å²) in [5.74, 6) is 1.05. The van der Waals surface area contributed by atoms with Gasteiger partial charge in [-0.1, -0.05) is 37.1 Å². The fraction of sp³-hybridized carbons (Fsp3) is 0.200. The molecule has 2 aromatic heterocycles. The van der Waals surface area contributed by atoms with Gasteiger partial charge in [-0.3, -0.25) is 9.36 Å². The van der Waals surface area contributed by atoms with Crippen molar-refractivity contribution in [2.75, 3.05) is 5.32 Å². The summed E-state index contributed by atoms with van der Waals surface area (Å²) < 4.78 is 8.27. The van der Waals surface area contributed by atoms with Crippen LogP contribution >= 0.6 is 11.6 Å². The Labute approximate surface area is 205 Å². The Bertz CT molecular complexity index is 1470. The molecule has 0 fully saturated rings. The highest BCUT2D eigenvalue weighted by molar-refractivity contribution is 6.30. The lowest BCUT2D eigenvalue weighted by atomic mass is 10.2. The van der Waals surface area contributed by atoms with Crippen molar-refractivity contribution in [3.63, 3.8) is 0 Å². The Morgan fingerprint density at radius 3 is 2.40 bits per heavy atom. The summed E-state index contributed by atoms with van der Waals surface area (Å²) in [6, 6.07) is 17.0. The van der Waals surface area contributed by atoms with Crippen LogP contribution in [-0.4, -0.2) is 19.1 Å². The van der Waals surface area contributed by atoms with E-state index >= 15 is 0 Å². The van der Waals surface area contributed by atoms with Crippen LogP contribution in [0.4, 0.5) is 11.6 Å². The van der Waals surface area contributed by atoms with E-state index in [4.69, 9.17) is 16.3 Å². The van der Waals surface area contributed by atoms with Crippen molar-refractivity contribution in [2.24, 2.45) is 0 Å². The Hall–Kier alpha value is -4.11. The number of halogens is 1. The molecule has 0 aliphatic carbocycles. The molecule has 0 aliphatic heterocycles. The zero-order chi connectivity index (χ0) is 24.8. The molecule has 0 saturated heterocycles. The monoisotopic (exact) mass is 493 g/mol. The van der Waals surface area contributed by atoms with E-state index in [-0.39, 0.29) is 18.1 Å². The maximum atomic E-state index is 13.2. The standard InChI is InChI=1S/C25H24ClN5O4/c1-2-3-14-30-24(33)29-23(31(25(30)34)16-17-4-6-18(26)7-5-17)28-19-8-10-20(11-9-19)35-21-12-13-27-22(32)15-21/h4-13,15H,2-3,14,16H2,1H3,(H,27,32)(H,28,29,33). The molecule has 2 N–H and O–H groups in total. The zero-order valence-electron chi connectivity index (χ0n) is 19.0. The van der Waals surface area contributed by atoms with Gasteiger partial charge in [0.1, 0.15) is 11.5 Å². The van der Waals surface area contributed by atoms with E-state index in [9.17, 15) is 14.4 Å². The maximum absolute atomic E-state index is 13.2. The molecule has 0 atom stereocenters. The van der Waals surface area contributed by atoms with Crippen LogP contribution in [0, 0.1) is 0 Å². The smallest absolute Gasteiger partial charge is 0.354 e. The minimum absolute atomic E-state index is 0.131. The molecule has 180 valence electrons. The topological polar surface area (TPSA) is 111 Å². The van der Waals surface area contributed by atoms with Crippen LogP contribution in [0.1, 0.15) is 25.3 Å². The third-order valence-electron chi connectivity index (χ3n) is 5.23. The molecular formula is C25H24ClN5O4. The molecule has 0 bridgehead atoms. The third-order valence-corrected chi connectivity index (χ3v) is 5.48. The summed E-state index contributed by atoms with van der Waals surface area (Å²) >= 11 is 5.99. The first kappa shape index (κ1) is 24.0. The number of hydrogen-bond acceptors (Lipinski definition) is 6. The Balaban J connectivity index is 1.63. The van der Waals surface area contributed by atoms with Gasteiger partial charge in [0.05, 0.1) is 6.54 Å². The number of pyridine rings is 1. The second-order valence-corrected chi connectivity index (χ2v) is 8.29. The summed E-state index contributed by atoms with van der Waals surface area (Å²) in [5, 5.41) is 3.66. The van der Waals surface area contributed by atoms with E-state index in [2.05, 4.69) is 15.3 Å². The van der Waals surface area contributed by atoms with Crippen molar-refractivity contribution in [1.82, 2.24) is 19.1 Å². The van der Waals surface area contributed by atoms with Crippen molar-refractivity contribution < 1.29 is 4.74 Å². The number of nitrogens with one attached hydrogen (secondary N) is 2. The molecule has 0 amide bonds. The van der Waals surface area contributed by atoms with Gasteiger partial charge in [0.2, 0.25) is 5.95 Å². The number of hydrogen-bond donors (Lipinski definition) is 2. The molecule has 0 aliphatic rings. The number of ether oxygens (including phenoxy) is 1. The van der Waals surface area contributed by atoms with E-state index < -0.39 is 11.4 Å². The minimum Gasteiger partial charge on any atom is -0.457 e. The van der Waals surface area contributed by atoms with Gasteiger partial charge in [0.25, 0.3) is 5.56 Å². The fourth-order valence-electron chi connectivity index (χ4n) is 3.41. The highest BCUT2D eigenvalue weighted by atomic mass is 35.5. The lowest BCUT2D eigenvalue weighted by Crippen LogP contribution is -2.42. The first-order valence-corrected chi connectivity index (χ1v) is 11.5. The van der Waals surface area contributed by atoms with Gasteiger partial charge in [-0.2, -0.15) is 4.98 Å². The van der Waals surface area contributed by atoms with E-state index in [1.807, 2.05) is 19.1 Å². The average Bonchev–Trinajstić information content (AvgIpc) is 2.84. The van der Waals surface area contributed by atoms with Crippen molar-refractivity contribution in [1.29, 1.82) is 0 Å². The van der Waals surface area contributed by atoms with Crippen molar-refractivity contribution in [3.05, 3.63) is 109 Å². The molecule has 2 aromatic carbocycles. The molecule has 4 aromatic rings. The number of aromatic amines is 1. The molecule has 0 saturated carbocycles. The first-order valence-electron chi connectivity index (χ1n) is 11.1. The van der Waals surface area contributed by atoms with Crippen LogP contribution in [0.5, 0.6) is 11.5 Å². The number of unbranched alkanes of at least 4 members (excludes halogenated alkanes) is 1. The number of nitrogens with zero attached hydrogens (tertiary/aromatic N) is 3. The van der Waals surface area contributed by atoms with Crippen LogP contribution in [0.2, 0.25) is 5.02 Å². The van der Waals surface area contributed by atoms with E-state index in [0.29, 0.717) is 35.2 Å². The van der Waals surface area contributed by atoms with Crippen molar-refractivity contribution in [3.8, 4) is 11.5 Å². The van der Waals surface area contributed by atoms with Gasteiger partial charge in [0, 0.05) is 29.5 Å². The highest BCUT2D eigenvalue weighted by Gasteiger charge is 2.14. The summed E-state index contributed by atoms with van der Waals surface area (Å²) in [5.41, 5.74) is 0.131. The summed E-state index contributed by atoms with van der Waals surface area (Å²) in [6.45, 7) is 2.50. The molecule has 4 rings (SSSR count). The summed E-state index contributed by atoms with van der Waals surface area (Å²) in [6.07, 6.45) is 3.04. The lowest BCUT2D eigenvalue weighted by Gasteiger charge is -2.16. The van der Waals surface area contributed by atoms with Gasteiger partial charge in [-0.25, -0.2) is 14.2 Å². The second kappa shape index (κ2) is 10.9. The van der Waals surface area contributed by atoms with Gasteiger partial charge < -0.3 is 15.0 Å². The van der Waals surface area contributed by atoms with Crippen LogP contribution in [0.25, 0.3) is 0 Å². The molecule has 0 radical (unpaired) electrons. The number of H-pyrrole nitrogens is 1. The second-order valence-electron chi connectivity index (χ2n) is 7.86. The largest absolute Gasteiger partial charge is 0.457 e. The van der Waals surface area contributed by atoms with E-state index in [0.717, 1.165) is 16.6 Å². The minimum atomic E-state index is -0.604. The first-order chi connectivity index (χ1) is 16.9. The predicted octanol–water partition coefficient (Wildman–Crippen LogP) is 4.13. The number of anilines is 2. The quantitative estimate of drug-likeness (QED) is 0.362. The Kier molecular flexibility index (Phi) is 7.47. The number of benzene rings is 2.